The van der Waals surface area contributed by atoms with Crippen LogP contribution in [0.25, 0.3) is 0 Å². The molecular weight excluding hydrogens is 216 g/mol. The van der Waals surface area contributed by atoms with E-state index in [0.29, 0.717) is 17.2 Å². The molecule has 0 fully saturated rings. The van der Waals surface area contributed by atoms with Crippen LogP contribution in [0.3, 0.4) is 0 Å². The fourth-order valence-electron chi connectivity index (χ4n) is 1.53. The summed E-state index contributed by atoms with van der Waals surface area (Å²) in [6, 6.07) is 1.45. The van der Waals surface area contributed by atoms with Crippen molar-refractivity contribution in [3.8, 4) is 11.5 Å². The third kappa shape index (κ3) is 2.55. The zero-order valence-electron chi connectivity index (χ0n) is 9.04. The van der Waals surface area contributed by atoms with Crippen molar-refractivity contribution in [2.45, 2.75) is 26.4 Å². The fourth-order valence-corrected chi connectivity index (χ4v) is 1.75. The molecule has 1 unspecified atom stereocenters. The Morgan fingerprint density at radius 2 is 2.13 bits per heavy atom. The van der Waals surface area contributed by atoms with Crippen LogP contribution in [0.1, 0.15) is 18.1 Å². The van der Waals surface area contributed by atoms with Crippen LogP contribution in [-0.2, 0) is 6.42 Å². The largest absolute Gasteiger partial charge is 0.504 e. The lowest BCUT2D eigenvalue weighted by atomic mass is 10.0. The van der Waals surface area contributed by atoms with Gasteiger partial charge in [-0.25, -0.2) is 0 Å². The van der Waals surface area contributed by atoms with E-state index in [4.69, 9.17) is 16.3 Å². The van der Waals surface area contributed by atoms with Crippen LogP contribution in [0, 0.1) is 6.92 Å². The van der Waals surface area contributed by atoms with Gasteiger partial charge in [-0.15, -0.1) is 0 Å². The fraction of sp³-hybridized carbons (Fsp3) is 0.455. The van der Waals surface area contributed by atoms with E-state index in [1.54, 1.807) is 6.92 Å². The van der Waals surface area contributed by atoms with Crippen molar-refractivity contribution in [2.75, 3.05) is 7.11 Å². The van der Waals surface area contributed by atoms with Crippen molar-refractivity contribution in [1.82, 2.24) is 0 Å². The molecule has 15 heavy (non-hydrogen) atoms. The Morgan fingerprint density at radius 1 is 1.53 bits per heavy atom. The summed E-state index contributed by atoms with van der Waals surface area (Å²) in [5.41, 5.74) is 1.57. The van der Waals surface area contributed by atoms with Crippen molar-refractivity contribution in [1.29, 1.82) is 0 Å². The number of hydrogen-bond acceptors (Lipinski definition) is 3. The number of methoxy groups -OCH3 is 1. The molecule has 0 amide bonds. The Morgan fingerprint density at radius 3 is 2.60 bits per heavy atom. The van der Waals surface area contributed by atoms with Crippen molar-refractivity contribution in [3.05, 3.63) is 22.2 Å². The van der Waals surface area contributed by atoms with Crippen LogP contribution in [0.15, 0.2) is 6.07 Å². The lowest BCUT2D eigenvalue weighted by molar-refractivity contribution is 0.193. The third-order valence-electron chi connectivity index (χ3n) is 2.28. The first-order valence-corrected chi connectivity index (χ1v) is 5.08. The number of halogens is 1. The average molecular weight is 231 g/mol. The highest BCUT2D eigenvalue weighted by Gasteiger charge is 2.16. The van der Waals surface area contributed by atoms with Gasteiger partial charge >= 0.3 is 0 Å². The monoisotopic (exact) mass is 230 g/mol. The topological polar surface area (TPSA) is 49.7 Å². The van der Waals surface area contributed by atoms with Gasteiger partial charge in [-0.3, -0.25) is 0 Å². The van der Waals surface area contributed by atoms with Gasteiger partial charge in [0, 0.05) is 23.1 Å². The number of aromatic hydroxyl groups is 1. The highest BCUT2D eigenvalue weighted by molar-refractivity contribution is 6.31. The summed E-state index contributed by atoms with van der Waals surface area (Å²) in [5, 5.41) is 19.4. The Kier molecular flexibility index (Phi) is 3.83. The zero-order chi connectivity index (χ0) is 11.6. The molecule has 0 aliphatic carbocycles. The van der Waals surface area contributed by atoms with E-state index < -0.39 is 6.10 Å². The molecular formula is C11H15ClO3. The number of phenolic OH excluding ortho intramolecular Hbond substituents is 1. The maximum atomic E-state index is 9.62. The highest BCUT2D eigenvalue weighted by atomic mass is 35.5. The van der Waals surface area contributed by atoms with Crippen molar-refractivity contribution < 1.29 is 14.9 Å². The number of benzene rings is 1. The summed E-state index contributed by atoms with van der Waals surface area (Å²) in [5.74, 6) is 0.390. The smallest absolute Gasteiger partial charge is 0.164 e. The number of ether oxygens (including phenoxy) is 1. The number of aliphatic hydroxyl groups is 1. The summed E-state index contributed by atoms with van der Waals surface area (Å²) in [7, 11) is 1.48. The molecule has 84 valence electrons. The van der Waals surface area contributed by atoms with E-state index >= 15 is 0 Å². The minimum absolute atomic E-state index is 0.00347. The van der Waals surface area contributed by atoms with Gasteiger partial charge in [0.25, 0.3) is 0 Å². The summed E-state index contributed by atoms with van der Waals surface area (Å²) in [6.07, 6.45) is -0.0983. The van der Waals surface area contributed by atoms with Crippen LogP contribution in [0.5, 0.6) is 11.5 Å². The molecule has 1 aromatic carbocycles. The SMILES string of the molecule is COc1c(O)cc(Cl)c(C)c1CC(C)O. The van der Waals surface area contributed by atoms with E-state index in [-0.39, 0.29) is 5.75 Å². The van der Waals surface area contributed by atoms with E-state index in [2.05, 4.69) is 0 Å². The predicted molar refractivity (Wildman–Crippen MR) is 59.8 cm³/mol. The van der Waals surface area contributed by atoms with E-state index in [1.165, 1.54) is 13.2 Å². The maximum Gasteiger partial charge on any atom is 0.164 e. The normalized spacial score (nSPS) is 12.6. The molecule has 0 saturated heterocycles. The molecule has 0 aliphatic rings. The third-order valence-corrected chi connectivity index (χ3v) is 2.68. The second kappa shape index (κ2) is 4.73. The molecule has 0 bridgehead atoms. The second-order valence-corrected chi connectivity index (χ2v) is 3.97. The number of hydrogen-bond donors (Lipinski definition) is 2. The molecule has 1 rings (SSSR count). The van der Waals surface area contributed by atoms with Crippen molar-refractivity contribution in [3.63, 3.8) is 0 Å². The molecule has 3 nitrogen and oxygen atoms in total. The second-order valence-electron chi connectivity index (χ2n) is 3.57. The van der Waals surface area contributed by atoms with Crippen LogP contribution in [0.2, 0.25) is 5.02 Å². The zero-order valence-corrected chi connectivity index (χ0v) is 9.80. The molecule has 0 saturated carbocycles. The first kappa shape index (κ1) is 12.1. The molecule has 4 heteroatoms. The first-order chi connectivity index (χ1) is 6.97. The van der Waals surface area contributed by atoms with Gasteiger partial charge in [0.15, 0.2) is 11.5 Å². The minimum atomic E-state index is -0.504. The van der Waals surface area contributed by atoms with Crippen molar-refractivity contribution >= 4 is 11.6 Å². The standard InChI is InChI=1S/C11H15ClO3/c1-6(13)4-8-7(2)9(12)5-10(14)11(8)15-3/h5-6,13-14H,4H2,1-3H3. The molecule has 0 radical (unpaired) electrons. The van der Waals surface area contributed by atoms with Crippen molar-refractivity contribution in [2.24, 2.45) is 0 Å². The van der Waals surface area contributed by atoms with Crippen LogP contribution in [0.4, 0.5) is 0 Å². The molecule has 0 spiro atoms. The number of rotatable bonds is 3. The number of phenols is 1. The predicted octanol–water partition coefficient (Wildman–Crippen LogP) is 2.29. The van der Waals surface area contributed by atoms with E-state index in [1.807, 2.05) is 6.92 Å². The lowest BCUT2D eigenvalue weighted by Crippen LogP contribution is -2.07. The quantitative estimate of drug-likeness (QED) is 0.838. The summed E-state index contributed by atoms with van der Waals surface area (Å²) in [4.78, 5) is 0. The van der Waals surface area contributed by atoms with E-state index in [9.17, 15) is 10.2 Å². The molecule has 1 aromatic rings. The van der Waals surface area contributed by atoms with Crippen LogP contribution >= 0.6 is 11.6 Å². The summed E-state index contributed by atoms with van der Waals surface area (Å²) in [6.45, 7) is 3.51. The van der Waals surface area contributed by atoms with Gasteiger partial charge < -0.3 is 14.9 Å². The van der Waals surface area contributed by atoms with Gasteiger partial charge in [-0.2, -0.15) is 0 Å². The Labute approximate surface area is 94.3 Å². The van der Waals surface area contributed by atoms with Gasteiger partial charge in [0.2, 0.25) is 0 Å². The van der Waals surface area contributed by atoms with Gasteiger partial charge in [-0.1, -0.05) is 11.6 Å². The molecule has 0 heterocycles. The van der Waals surface area contributed by atoms with Gasteiger partial charge in [-0.05, 0) is 19.4 Å². The summed E-state index contributed by atoms with van der Waals surface area (Å²) >= 11 is 5.93. The molecule has 0 aliphatic heterocycles. The Balaban J connectivity index is 3.30. The van der Waals surface area contributed by atoms with Gasteiger partial charge in [0.05, 0.1) is 13.2 Å². The Hall–Kier alpha value is -0.930. The van der Waals surface area contributed by atoms with Crippen LogP contribution in [-0.4, -0.2) is 23.4 Å². The average Bonchev–Trinajstić information content (AvgIpc) is 2.13. The first-order valence-electron chi connectivity index (χ1n) is 4.70. The number of aliphatic hydroxyl groups excluding tert-OH is 1. The van der Waals surface area contributed by atoms with E-state index in [0.717, 1.165) is 11.1 Å². The Bertz CT molecular complexity index is 361. The van der Waals surface area contributed by atoms with Crippen LogP contribution < -0.4 is 4.74 Å². The molecule has 2 N–H and O–H groups in total. The van der Waals surface area contributed by atoms with Gasteiger partial charge in [0.1, 0.15) is 0 Å². The summed E-state index contributed by atoms with van der Waals surface area (Å²) < 4.78 is 5.09. The molecule has 0 aromatic heterocycles. The molecule has 1 atom stereocenters. The maximum absolute atomic E-state index is 9.62. The highest BCUT2D eigenvalue weighted by Crippen LogP contribution is 2.37. The lowest BCUT2D eigenvalue weighted by Gasteiger charge is -2.15. The minimum Gasteiger partial charge on any atom is -0.504 e.